The molecule has 0 saturated carbocycles. The molecule has 0 radical (unpaired) electrons. The Bertz CT molecular complexity index is 2710. The van der Waals surface area contributed by atoms with Gasteiger partial charge in [-0.3, -0.25) is 19.3 Å². The van der Waals surface area contributed by atoms with Gasteiger partial charge in [-0.05, 0) is 62.1 Å². The second-order valence-electron chi connectivity index (χ2n) is 14.6. The number of benzene rings is 2. The van der Waals surface area contributed by atoms with Crippen LogP contribution in [0.4, 0.5) is 32.2 Å². The lowest BCUT2D eigenvalue weighted by Gasteiger charge is -2.22. The van der Waals surface area contributed by atoms with Crippen molar-refractivity contribution in [3.8, 4) is 34.8 Å². The summed E-state index contributed by atoms with van der Waals surface area (Å²) in [6, 6.07) is 9.04. The van der Waals surface area contributed by atoms with Crippen LogP contribution < -0.4 is 10.0 Å². The Hall–Kier alpha value is -5.56. The predicted octanol–water partition coefficient (Wildman–Crippen LogP) is 6.54. The first-order valence-corrected chi connectivity index (χ1v) is 19.9. The van der Waals surface area contributed by atoms with E-state index in [0.29, 0.717) is 21.9 Å². The van der Waals surface area contributed by atoms with E-state index in [-0.39, 0.29) is 63.6 Å². The molecule has 11 nitrogen and oxygen atoms in total. The molecule has 1 amide bonds. The van der Waals surface area contributed by atoms with E-state index < -0.39 is 81.2 Å². The highest BCUT2D eigenvalue weighted by Gasteiger charge is 2.59. The summed E-state index contributed by atoms with van der Waals surface area (Å²) in [6.45, 7) is 1.67. The largest absolute Gasteiger partial charge is 0.378 e. The summed E-state index contributed by atoms with van der Waals surface area (Å²) in [5.41, 5.74) is -2.05. The number of anilines is 1. The quantitative estimate of drug-likeness (QED) is 0.0870. The number of alkyl halides is 4. The summed E-state index contributed by atoms with van der Waals surface area (Å²) in [7, 11) is -3.81. The number of nitrogens with zero attached hydrogens (tertiary/aromatic N) is 4. The standard InChI is InChI=1S/C39H32ClF6N7O4S/c1-38(2,55)12-11-23-7-8-24(25-9-10-28(40)31-33(25)49-50-37(31)52-58(3,56)57)32(48-23)20(13-19-14-21(41)16-22(42)15-19)17-47-29(54)18-53-35-30(34(51-53)36(43)44)26-5-4-6-27(26)39(35,45)46/h7-10,14-16,20,26-27,36,55H,6,13,17-18H2,1-3H3,(H,47,54)(H2,49,50,52)/t20-,26+,27-/m1/s1. The highest BCUT2D eigenvalue weighted by Crippen LogP contribution is 2.57. The van der Waals surface area contributed by atoms with Crippen molar-refractivity contribution in [2.24, 2.45) is 5.92 Å². The highest BCUT2D eigenvalue weighted by molar-refractivity contribution is 7.92. The van der Waals surface area contributed by atoms with Crippen LogP contribution in [0.3, 0.4) is 0 Å². The van der Waals surface area contributed by atoms with Crippen LogP contribution >= 0.6 is 11.6 Å². The number of H-pyrrole nitrogens is 1. The van der Waals surface area contributed by atoms with E-state index >= 15 is 8.78 Å². The molecule has 0 unspecified atom stereocenters. The molecular weight excluding hydrogens is 812 g/mol. The van der Waals surface area contributed by atoms with Crippen molar-refractivity contribution in [3.05, 3.63) is 93.0 Å². The molecule has 3 heterocycles. The number of aromatic nitrogens is 5. The van der Waals surface area contributed by atoms with Gasteiger partial charge in [-0.2, -0.15) is 19.0 Å². The monoisotopic (exact) mass is 843 g/mol. The number of sulfonamides is 1. The first-order chi connectivity index (χ1) is 27.2. The van der Waals surface area contributed by atoms with E-state index in [1.807, 2.05) is 0 Å². The van der Waals surface area contributed by atoms with Crippen molar-refractivity contribution in [2.75, 3.05) is 17.5 Å². The first-order valence-electron chi connectivity index (χ1n) is 17.6. The lowest BCUT2D eigenvalue weighted by Crippen LogP contribution is -2.34. The molecule has 2 aliphatic carbocycles. The summed E-state index contributed by atoms with van der Waals surface area (Å²) in [5.74, 6) is 0.680. The summed E-state index contributed by atoms with van der Waals surface area (Å²) < 4.78 is 116. The fraction of sp³-hybridized carbons (Fsp3) is 0.333. The van der Waals surface area contributed by atoms with Crippen molar-refractivity contribution in [2.45, 2.75) is 63.0 Å². The maximum Gasteiger partial charge on any atom is 0.294 e. The third-order valence-corrected chi connectivity index (χ3v) is 10.5. The van der Waals surface area contributed by atoms with Crippen LogP contribution in [-0.4, -0.2) is 62.8 Å². The molecule has 0 bridgehead atoms. The minimum absolute atomic E-state index is 0.105. The van der Waals surface area contributed by atoms with Gasteiger partial charge in [-0.1, -0.05) is 29.5 Å². The van der Waals surface area contributed by atoms with Crippen molar-refractivity contribution in [3.63, 3.8) is 0 Å². The molecule has 7 rings (SSSR count). The van der Waals surface area contributed by atoms with Gasteiger partial charge in [0.15, 0.2) is 5.82 Å². The van der Waals surface area contributed by atoms with Crippen LogP contribution in [-0.2, 0) is 33.7 Å². The second-order valence-corrected chi connectivity index (χ2v) is 16.7. The minimum atomic E-state index is -3.81. The fourth-order valence-electron chi connectivity index (χ4n) is 7.29. The van der Waals surface area contributed by atoms with Gasteiger partial charge in [0.25, 0.3) is 12.3 Å². The van der Waals surface area contributed by atoms with Crippen LogP contribution in [0.2, 0.25) is 5.02 Å². The van der Waals surface area contributed by atoms with Crippen molar-refractivity contribution >= 4 is 44.3 Å². The van der Waals surface area contributed by atoms with E-state index in [9.17, 15) is 35.9 Å². The van der Waals surface area contributed by atoms with Crippen LogP contribution in [0, 0.1) is 41.2 Å². The lowest BCUT2D eigenvalue weighted by atomic mass is 9.89. The Balaban J connectivity index is 1.31. The Morgan fingerprint density at radius 2 is 1.84 bits per heavy atom. The van der Waals surface area contributed by atoms with E-state index in [4.69, 9.17) is 16.6 Å². The number of amides is 1. The second kappa shape index (κ2) is 15.0. The van der Waals surface area contributed by atoms with Crippen molar-refractivity contribution in [1.29, 1.82) is 0 Å². The van der Waals surface area contributed by atoms with Gasteiger partial charge in [-0.25, -0.2) is 31.0 Å². The maximum atomic E-state index is 15.7. The number of carbonyl (C=O) groups is 1. The maximum absolute atomic E-state index is 15.7. The molecule has 0 saturated heterocycles. The number of pyridine rings is 1. The molecule has 0 spiro atoms. The number of hydrogen-bond acceptors (Lipinski definition) is 7. The van der Waals surface area contributed by atoms with Gasteiger partial charge in [0.1, 0.15) is 40.9 Å². The molecule has 302 valence electrons. The molecule has 3 aromatic heterocycles. The van der Waals surface area contributed by atoms with Crippen LogP contribution in [0.25, 0.3) is 22.0 Å². The summed E-state index contributed by atoms with van der Waals surface area (Å²) >= 11 is 6.52. The molecule has 5 aromatic rings. The molecule has 58 heavy (non-hydrogen) atoms. The van der Waals surface area contributed by atoms with Gasteiger partial charge >= 0.3 is 0 Å². The summed E-state index contributed by atoms with van der Waals surface area (Å²) in [4.78, 5) is 18.4. The average Bonchev–Trinajstić information content (AvgIpc) is 3.89. The van der Waals surface area contributed by atoms with Gasteiger partial charge in [0.05, 0.1) is 39.7 Å². The van der Waals surface area contributed by atoms with Crippen LogP contribution in [0.5, 0.6) is 0 Å². The minimum Gasteiger partial charge on any atom is -0.378 e. The SMILES string of the molecule is CC(C)(O)C#Cc1ccc(-c2ccc(Cl)c3c(NS(C)(=O)=O)n[nH]c23)c([C@@H](CNC(=O)Cn2nc(C(F)F)c3c2C(F)(F)[C@@H]2CC#C[C@H]32)Cc2cc(F)cc(F)c2)n1. The number of aromatic amines is 1. The van der Waals surface area contributed by atoms with E-state index in [1.54, 1.807) is 12.1 Å². The number of hydrogen-bond donors (Lipinski definition) is 4. The summed E-state index contributed by atoms with van der Waals surface area (Å²) in [5, 5.41) is 23.9. The molecule has 3 atom stereocenters. The zero-order valence-corrected chi connectivity index (χ0v) is 32.3. The molecule has 2 aliphatic rings. The molecule has 19 heteroatoms. The van der Waals surface area contributed by atoms with Crippen molar-refractivity contribution < 1.29 is 44.7 Å². The topological polar surface area (TPSA) is 155 Å². The van der Waals surface area contributed by atoms with Gasteiger partial charge in [0.2, 0.25) is 15.9 Å². The molecule has 4 N–H and O–H groups in total. The number of halogens is 7. The average molecular weight is 844 g/mol. The van der Waals surface area contributed by atoms with E-state index in [0.717, 1.165) is 18.4 Å². The Kier molecular flexibility index (Phi) is 10.5. The van der Waals surface area contributed by atoms with E-state index in [1.165, 1.54) is 26.0 Å². The molecule has 0 aliphatic heterocycles. The number of fused-ring (bicyclic) bond motifs is 4. The Labute approximate surface area is 332 Å². The number of rotatable bonds is 11. The number of carbonyl (C=O) groups excluding carboxylic acids is 1. The molecular formula is C39H32ClF6N7O4S. The van der Waals surface area contributed by atoms with Gasteiger partial charge in [-0.15, -0.1) is 5.92 Å². The number of aliphatic hydroxyl groups is 1. The van der Waals surface area contributed by atoms with Crippen molar-refractivity contribution in [1.82, 2.24) is 30.3 Å². The Morgan fingerprint density at radius 3 is 2.52 bits per heavy atom. The normalized spacial score (nSPS) is 17.3. The third-order valence-electron chi connectivity index (χ3n) is 9.59. The first kappa shape index (κ1) is 40.6. The molecule has 2 aromatic carbocycles. The smallest absolute Gasteiger partial charge is 0.294 e. The van der Waals surface area contributed by atoms with Gasteiger partial charge < -0.3 is 10.4 Å². The predicted molar refractivity (Wildman–Crippen MR) is 201 cm³/mol. The van der Waals surface area contributed by atoms with E-state index in [2.05, 4.69) is 49.0 Å². The third kappa shape index (κ3) is 8.09. The zero-order chi connectivity index (χ0) is 41.9. The number of nitrogens with one attached hydrogen (secondary N) is 3. The van der Waals surface area contributed by atoms with Gasteiger partial charge in [0, 0.05) is 41.6 Å². The fourth-order valence-corrected chi connectivity index (χ4v) is 8.03. The van der Waals surface area contributed by atoms with Crippen LogP contribution in [0.1, 0.15) is 72.4 Å². The Morgan fingerprint density at radius 1 is 1.14 bits per heavy atom. The lowest BCUT2D eigenvalue weighted by molar-refractivity contribution is -0.122. The highest BCUT2D eigenvalue weighted by atomic mass is 35.5. The summed E-state index contributed by atoms with van der Waals surface area (Å²) in [6.07, 6.45) is -2.68. The van der Waals surface area contributed by atoms with Crippen LogP contribution in [0.15, 0.2) is 42.5 Å². The molecule has 0 fully saturated rings. The zero-order valence-electron chi connectivity index (χ0n) is 30.7.